The Labute approximate surface area is 200 Å². The van der Waals surface area contributed by atoms with E-state index in [1.54, 1.807) is 11.0 Å². The van der Waals surface area contributed by atoms with Crippen molar-refractivity contribution in [2.24, 2.45) is 0 Å². The van der Waals surface area contributed by atoms with Crippen LogP contribution in [0.3, 0.4) is 0 Å². The van der Waals surface area contributed by atoms with Crippen molar-refractivity contribution < 1.29 is 14.3 Å². The van der Waals surface area contributed by atoms with Crippen molar-refractivity contribution in [1.29, 1.82) is 0 Å². The fourth-order valence-corrected chi connectivity index (χ4v) is 5.07. The summed E-state index contributed by atoms with van der Waals surface area (Å²) < 4.78 is 5.81. The SMILES string of the molecule is C#Cc1cc(C=O)c(C)c(N2CCN(C(=O)OCC3c4ccccc4-c4ccccc43)CC2)c1. The van der Waals surface area contributed by atoms with Gasteiger partial charge in [0, 0.05) is 48.9 Å². The predicted molar refractivity (Wildman–Crippen MR) is 133 cm³/mol. The molecule has 0 saturated carbocycles. The average Bonchev–Trinajstić information content (AvgIpc) is 3.21. The molecule has 1 amide bonds. The zero-order valence-electron chi connectivity index (χ0n) is 19.2. The molecular weight excluding hydrogens is 424 g/mol. The molecule has 2 aliphatic rings. The number of benzene rings is 3. The van der Waals surface area contributed by atoms with Gasteiger partial charge in [0.15, 0.2) is 0 Å². The number of piperazine rings is 1. The number of ether oxygens (including phenoxy) is 1. The number of carbonyl (C=O) groups is 2. The van der Waals surface area contributed by atoms with E-state index in [2.05, 4.69) is 35.1 Å². The molecule has 0 aromatic heterocycles. The van der Waals surface area contributed by atoms with Gasteiger partial charge in [-0.05, 0) is 46.9 Å². The number of terminal acetylenes is 1. The summed E-state index contributed by atoms with van der Waals surface area (Å²) in [6.45, 7) is 4.64. The lowest BCUT2D eigenvalue weighted by atomic mass is 9.98. The van der Waals surface area contributed by atoms with Crippen LogP contribution in [-0.2, 0) is 4.74 Å². The van der Waals surface area contributed by atoms with Gasteiger partial charge in [0.1, 0.15) is 12.9 Å². The van der Waals surface area contributed by atoms with Gasteiger partial charge in [-0.15, -0.1) is 6.42 Å². The number of anilines is 1. The van der Waals surface area contributed by atoms with Crippen LogP contribution in [0.4, 0.5) is 10.5 Å². The second-order valence-corrected chi connectivity index (χ2v) is 8.75. The van der Waals surface area contributed by atoms with Crippen molar-refractivity contribution in [2.75, 3.05) is 37.7 Å². The number of carbonyl (C=O) groups excluding carboxylic acids is 2. The highest BCUT2D eigenvalue weighted by Gasteiger charge is 2.30. The van der Waals surface area contributed by atoms with Crippen molar-refractivity contribution in [2.45, 2.75) is 12.8 Å². The second kappa shape index (κ2) is 9.07. The number of hydrogen-bond acceptors (Lipinski definition) is 4. The molecule has 1 fully saturated rings. The van der Waals surface area contributed by atoms with E-state index in [1.807, 2.05) is 37.3 Å². The summed E-state index contributed by atoms with van der Waals surface area (Å²) in [5, 5.41) is 0. The van der Waals surface area contributed by atoms with Crippen LogP contribution < -0.4 is 4.90 Å². The minimum atomic E-state index is -0.288. The van der Waals surface area contributed by atoms with Crippen molar-refractivity contribution in [1.82, 2.24) is 4.90 Å². The summed E-state index contributed by atoms with van der Waals surface area (Å²) >= 11 is 0. The number of aldehydes is 1. The van der Waals surface area contributed by atoms with E-state index in [9.17, 15) is 9.59 Å². The highest BCUT2D eigenvalue weighted by Crippen LogP contribution is 2.44. The van der Waals surface area contributed by atoms with Crippen LogP contribution in [0, 0.1) is 19.3 Å². The first-order valence-electron chi connectivity index (χ1n) is 11.5. The van der Waals surface area contributed by atoms with Gasteiger partial charge in [-0.25, -0.2) is 4.79 Å². The number of amides is 1. The maximum absolute atomic E-state index is 12.9. The van der Waals surface area contributed by atoms with Crippen molar-refractivity contribution in [3.63, 3.8) is 0 Å². The Morgan fingerprint density at radius 2 is 1.65 bits per heavy atom. The molecule has 5 nitrogen and oxygen atoms in total. The van der Waals surface area contributed by atoms with Gasteiger partial charge in [-0.1, -0.05) is 54.5 Å². The maximum atomic E-state index is 12.9. The molecule has 0 spiro atoms. The minimum Gasteiger partial charge on any atom is -0.448 e. The Kier molecular flexibility index (Phi) is 5.81. The molecule has 3 aromatic carbocycles. The average molecular weight is 451 g/mol. The Bertz CT molecular complexity index is 1250. The molecule has 5 heteroatoms. The van der Waals surface area contributed by atoms with Crippen molar-refractivity contribution in [3.05, 3.63) is 88.5 Å². The van der Waals surface area contributed by atoms with Gasteiger partial charge in [-0.3, -0.25) is 4.79 Å². The topological polar surface area (TPSA) is 49.9 Å². The van der Waals surface area contributed by atoms with Crippen LogP contribution in [0.15, 0.2) is 60.7 Å². The predicted octanol–water partition coefficient (Wildman–Crippen LogP) is 4.86. The molecule has 0 bridgehead atoms. The summed E-state index contributed by atoms with van der Waals surface area (Å²) in [5.74, 6) is 2.67. The van der Waals surface area contributed by atoms with E-state index in [4.69, 9.17) is 11.2 Å². The molecule has 5 rings (SSSR count). The zero-order valence-corrected chi connectivity index (χ0v) is 19.2. The molecule has 170 valence electrons. The minimum absolute atomic E-state index is 0.0496. The quantitative estimate of drug-likeness (QED) is 0.421. The number of nitrogens with zero attached hydrogens (tertiary/aromatic N) is 2. The van der Waals surface area contributed by atoms with E-state index < -0.39 is 0 Å². The van der Waals surface area contributed by atoms with E-state index in [0.717, 1.165) is 17.5 Å². The molecule has 3 aromatic rings. The summed E-state index contributed by atoms with van der Waals surface area (Å²) in [6, 6.07) is 20.3. The monoisotopic (exact) mass is 450 g/mol. The van der Waals surface area contributed by atoms with Gasteiger partial charge in [0.05, 0.1) is 0 Å². The summed E-state index contributed by atoms with van der Waals surface area (Å²) in [6.07, 6.45) is 6.13. The number of rotatable bonds is 4. The molecule has 1 heterocycles. The number of fused-ring (bicyclic) bond motifs is 3. The molecule has 0 radical (unpaired) electrons. The number of hydrogen-bond donors (Lipinski definition) is 0. The molecule has 1 aliphatic carbocycles. The third-order valence-electron chi connectivity index (χ3n) is 6.93. The third kappa shape index (κ3) is 3.82. The lowest BCUT2D eigenvalue weighted by Crippen LogP contribution is -2.49. The van der Waals surface area contributed by atoms with Crippen molar-refractivity contribution >= 4 is 18.1 Å². The van der Waals surface area contributed by atoms with E-state index in [0.29, 0.717) is 43.9 Å². The van der Waals surface area contributed by atoms with Crippen LogP contribution in [-0.4, -0.2) is 50.1 Å². The Balaban J connectivity index is 1.24. The smallest absolute Gasteiger partial charge is 0.409 e. The summed E-state index contributed by atoms with van der Waals surface area (Å²) in [5.41, 5.74) is 7.98. The summed E-state index contributed by atoms with van der Waals surface area (Å²) in [4.78, 5) is 28.3. The molecular formula is C29H26N2O3. The van der Waals surface area contributed by atoms with E-state index >= 15 is 0 Å². The van der Waals surface area contributed by atoms with Gasteiger partial charge >= 0.3 is 6.09 Å². The van der Waals surface area contributed by atoms with Crippen molar-refractivity contribution in [3.8, 4) is 23.5 Å². The Morgan fingerprint density at radius 3 is 2.24 bits per heavy atom. The maximum Gasteiger partial charge on any atom is 0.409 e. The highest BCUT2D eigenvalue weighted by atomic mass is 16.6. The Morgan fingerprint density at radius 1 is 1.03 bits per heavy atom. The van der Waals surface area contributed by atoms with Crippen LogP contribution in [0.2, 0.25) is 0 Å². The van der Waals surface area contributed by atoms with Gasteiger partial charge in [-0.2, -0.15) is 0 Å². The molecule has 0 atom stereocenters. The largest absolute Gasteiger partial charge is 0.448 e. The lowest BCUT2D eigenvalue weighted by Gasteiger charge is -2.36. The van der Waals surface area contributed by atoms with Crippen LogP contribution in [0.5, 0.6) is 0 Å². The van der Waals surface area contributed by atoms with Gasteiger partial charge < -0.3 is 14.5 Å². The Hall–Kier alpha value is -4.04. The summed E-state index contributed by atoms with van der Waals surface area (Å²) in [7, 11) is 0. The lowest BCUT2D eigenvalue weighted by molar-refractivity contribution is 0.0976. The standard InChI is InChI=1S/C29H26N2O3/c1-3-21-16-22(18-32)20(2)28(17-21)30-12-14-31(15-13-30)29(33)34-19-27-25-10-6-4-8-23(25)24-9-5-7-11-26(24)27/h1,4-11,16-18,27H,12-15,19H2,2H3. The van der Waals surface area contributed by atoms with E-state index in [1.165, 1.54) is 22.3 Å². The molecule has 0 unspecified atom stereocenters. The first-order chi connectivity index (χ1) is 16.6. The van der Waals surface area contributed by atoms with E-state index in [-0.39, 0.29) is 12.0 Å². The first-order valence-corrected chi connectivity index (χ1v) is 11.5. The fourth-order valence-electron chi connectivity index (χ4n) is 5.07. The van der Waals surface area contributed by atoms with Crippen LogP contribution in [0.1, 0.15) is 38.5 Å². The zero-order chi connectivity index (χ0) is 23.7. The molecule has 0 N–H and O–H groups in total. The third-order valence-corrected chi connectivity index (χ3v) is 6.93. The van der Waals surface area contributed by atoms with Gasteiger partial charge in [0.25, 0.3) is 0 Å². The highest BCUT2D eigenvalue weighted by molar-refractivity contribution is 5.82. The molecule has 34 heavy (non-hydrogen) atoms. The first kappa shape index (κ1) is 21.8. The fraction of sp³-hybridized carbons (Fsp3) is 0.241. The van der Waals surface area contributed by atoms with Gasteiger partial charge in [0.2, 0.25) is 0 Å². The van der Waals surface area contributed by atoms with Crippen LogP contribution in [0.25, 0.3) is 11.1 Å². The molecule has 1 aliphatic heterocycles. The second-order valence-electron chi connectivity index (χ2n) is 8.75. The van der Waals surface area contributed by atoms with Crippen LogP contribution >= 0.6 is 0 Å². The normalized spacial score (nSPS) is 14.8. The molecule has 1 saturated heterocycles.